The van der Waals surface area contributed by atoms with Crippen molar-refractivity contribution in [3.05, 3.63) is 30.3 Å². The molecule has 1 aliphatic rings. The van der Waals surface area contributed by atoms with E-state index in [0.717, 1.165) is 25.2 Å². The summed E-state index contributed by atoms with van der Waals surface area (Å²) in [6.07, 6.45) is 2.46. The average molecular weight is 247 g/mol. The second kappa shape index (κ2) is 6.64. The summed E-state index contributed by atoms with van der Waals surface area (Å²) in [6.45, 7) is 2.93. The Morgan fingerprint density at radius 1 is 1.39 bits per heavy atom. The molecule has 18 heavy (non-hydrogen) atoms. The molecular weight excluding hydrogens is 230 g/mol. The smallest absolute Gasteiger partial charge is 0.411 e. The number of rotatable bonds is 4. The molecule has 0 bridgehead atoms. The lowest BCUT2D eigenvalue weighted by Gasteiger charge is -2.21. The molecule has 0 aliphatic carbocycles. The van der Waals surface area contributed by atoms with Crippen LogP contribution in [0.3, 0.4) is 0 Å². The molecule has 0 aromatic heterocycles. The Hall–Kier alpha value is -2.04. The van der Waals surface area contributed by atoms with Gasteiger partial charge in [-0.2, -0.15) is 0 Å². The van der Waals surface area contributed by atoms with Crippen LogP contribution >= 0.6 is 0 Å². The lowest BCUT2D eigenvalue weighted by Crippen LogP contribution is -2.31. The molecule has 5 heteroatoms. The fourth-order valence-electron chi connectivity index (χ4n) is 1.70. The number of hydrogen-bond donors (Lipinski definition) is 1. The molecule has 1 aliphatic heterocycles. The zero-order chi connectivity index (χ0) is 12.6. The zero-order valence-electron chi connectivity index (χ0n) is 10.2. The predicted molar refractivity (Wildman–Crippen MR) is 71.0 cm³/mol. The van der Waals surface area contributed by atoms with Gasteiger partial charge >= 0.3 is 6.09 Å². The second-order valence-corrected chi connectivity index (χ2v) is 4.04. The first-order valence-electron chi connectivity index (χ1n) is 6.07. The zero-order valence-corrected chi connectivity index (χ0v) is 10.2. The number of nitrogens with one attached hydrogen (secondary N) is 1. The summed E-state index contributed by atoms with van der Waals surface area (Å²) in [5, 5.41) is 2.67. The molecule has 0 atom stereocenters. The Morgan fingerprint density at radius 3 is 2.94 bits per heavy atom. The van der Waals surface area contributed by atoms with Gasteiger partial charge in [0.1, 0.15) is 6.61 Å². The third-order valence-electron chi connectivity index (χ3n) is 2.61. The van der Waals surface area contributed by atoms with Crippen LogP contribution in [-0.2, 0) is 4.74 Å². The summed E-state index contributed by atoms with van der Waals surface area (Å²) in [7, 11) is 0. The molecule has 2 rings (SSSR count). The molecule has 5 nitrogen and oxygen atoms in total. The van der Waals surface area contributed by atoms with E-state index >= 15 is 0 Å². The maximum absolute atomic E-state index is 11.5. The van der Waals surface area contributed by atoms with Crippen molar-refractivity contribution in [1.29, 1.82) is 0 Å². The van der Waals surface area contributed by atoms with Crippen LogP contribution in [0.2, 0.25) is 0 Å². The van der Waals surface area contributed by atoms with Gasteiger partial charge in [0, 0.05) is 18.8 Å². The summed E-state index contributed by atoms with van der Waals surface area (Å²) in [4.78, 5) is 17.7. The normalized spacial score (nSPS) is 14.3. The molecule has 1 amide bonds. The van der Waals surface area contributed by atoms with E-state index in [1.165, 1.54) is 0 Å². The molecule has 0 saturated heterocycles. The topological polar surface area (TPSA) is 53.9 Å². The van der Waals surface area contributed by atoms with Crippen molar-refractivity contribution in [2.75, 3.05) is 31.6 Å². The maximum atomic E-state index is 11.5. The molecule has 0 fully saturated rings. The third kappa shape index (κ3) is 4.08. The van der Waals surface area contributed by atoms with Gasteiger partial charge in [0.25, 0.3) is 0 Å². The molecule has 1 aromatic carbocycles. The predicted octanol–water partition coefficient (Wildman–Crippen LogP) is 1.97. The van der Waals surface area contributed by atoms with Gasteiger partial charge in [-0.05, 0) is 18.6 Å². The SMILES string of the molecule is O=C(Nc1ccccc1)OCCN1C=NCCC1. The van der Waals surface area contributed by atoms with E-state index in [-0.39, 0.29) is 0 Å². The summed E-state index contributed by atoms with van der Waals surface area (Å²) in [6, 6.07) is 9.25. The number of para-hydroxylation sites is 1. The number of carbonyl (C=O) groups excluding carboxylic acids is 1. The Kier molecular flexibility index (Phi) is 4.58. The molecule has 1 aromatic rings. The van der Waals surface area contributed by atoms with Crippen molar-refractivity contribution in [3.63, 3.8) is 0 Å². The monoisotopic (exact) mass is 247 g/mol. The van der Waals surface area contributed by atoms with Crippen molar-refractivity contribution in [1.82, 2.24) is 4.90 Å². The van der Waals surface area contributed by atoms with Crippen LogP contribution in [0.5, 0.6) is 0 Å². The summed E-state index contributed by atoms with van der Waals surface area (Å²) in [5.41, 5.74) is 0.738. The van der Waals surface area contributed by atoms with Crippen LogP contribution in [0.15, 0.2) is 35.3 Å². The summed E-state index contributed by atoms with van der Waals surface area (Å²) < 4.78 is 5.10. The van der Waals surface area contributed by atoms with Crippen molar-refractivity contribution in [2.45, 2.75) is 6.42 Å². The molecule has 0 saturated carbocycles. The standard InChI is InChI=1S/C13H17N3O2/c17-13(15-12-5-2-1-3-6-12)18-10-9-16-8-4-7-14-11-16/h1-3,5-6,11H,4,7-10H2,(H,15,17). The Morgan fingerprint density at radius 2 is 2.22 bits per heavy atom. The number of aliphatic imine (C=N–C) groups is 1. The molecule has 0 unspecified atom stereocenters. The van der Waals surface area contributed by atoms with Gasteiger partial charge in [0.05, 0.1) is 12.9 Å². The highest BCUT2D eigenvalue weighted by atomic mass is 16.5. The highest BCUT2D eigenvalue weighted by Gasteiger charge is 2.06. The Bertz CT molecular complexity index is 406. The second-order valence-electron chi connectivity index (χ2n) is 4.04. The first-order valence-corrected chi connectivity index (χ1v) is 6.07. The van der Waals surface area contributed by atoms with E-state index in [4.69, 9.17) is 4.74 Å². The van der Waals surface area contributed by atoms with Gasteiger partial charge in [0.15, 0.2) is 0 Å². The van der Waals surface area contributed by atoms with Crippen LogP contribution in [0, 0.1) is 0 Å². The minimum Gasteiger partial charge on any atom is -0.447 e. The summed E-state index contributed by atoms with van der Waals surface area (Å²) >= 11 is 0. The van der Waals surface area contributed by atoms with Gasteiger partial charge < -0.3 is 9.64 Å². The molecular formula is C13H17N3O2. The summed E-state index contributed by atoms with van der Waals surface area (Å²) in [5.74, 6) is 0. The van der Waals surface area contributed by atoms with Crippen LogP contribution < -0.4 is 5.32 Å². The fraction of sp³-hybridized carbons (Fsp3) is 0.385. The van der Waals surface area contributed by atoms with Crippen LogP contribution in [-0.4, -0.2) is 43.6 Å². The lowest BCUT2D eigenvalue weighted by molar-refractivity contribution is 0.153. The van der Waals surface area contributed by atoms with E-state index in [2.05, 4.69) is 15.2 Å². The number of benzene rings is 1. The van der Waals surface area contributed by atoms with E-state index in [1.54, 1.807) is 0 Å². The molecule has 0 spiro atoms. The fourth-order valence-corrected chi connectivity index (χ4v) is 1.70. The minimum absolute atomic E-state index is 0.366. The van der Waals surface area contributed by atoms with Gasteiger partial charge in [-0.25, -0.2) is 4.79 Å². The number of hydrogen-bond acceptors (Lipinski definition) is 4. The van der Waals surface area contributed by atoms with Crippen molar-refractivity contribution >= 4 is 18.1 Å². The number of amides is 1. The molecule has 1 N–H and O–H groups in total. The van der Waals surface area contributed by atoms with Crippen LogP contribution in [0.4, 0.5) is 10.5 Å². The molecule has 0 radical (unpaired) electrons. The number of anilines is 1. The number of nitrogens with zero attached hydrogens (tertiary/aromatic N) is 2. The number of ether oxygens (including phenoxy) is 1. The van der Waals surface area contributed by atoms with E-state index < -0.39 is 6.09 Å². The minimum atomic E-state index is -0.421. The average Bonchev–Trinajstić information content (AvgIpc) is 2.41. The molecule has 1 heterocycles. The van der Waals surface area contributed by atoms with Gasteiger partial charge in [-0.1, -0.05) is 18.2 Å². The number of carbonyl (C=O) groups is 1. The first kappa shape index (κ1) is 12.4. The highest BCUT2D eigenvalue weighted by molar-refractivity contribution is 5.84. The van der Waals surface area contributed by atoms with E-state index in [9.17, 15) is 4.79 Å². The van der Waals surface area contributed by atoms with Gasteiger partial charge in [-0.3, -0.25) is 10.3 Å². The van der Waals surface area contributed by atoms with Crippen molar-refractivity contribution < 1.29 is 9.53 Å². The van der Waals surface area contributed by atoms with E-state index in [0.29, 0.717) is 13.2 Å². The van der Waals surface area contributed by atoms with Crippen LogP contribution in [0.25, 0.3) is 0 Å². The maximum Gasteiger partial charge on any atom is 0.411 e. The molecule has 96 valence electrons. The Balaban J connectivity index is 1.66. The van der Waals surface area contributed by atoms with Gasteiger partial charge in [0.2, 0.25) is 0 Å². The van der Waals surface area contributed by atoms with Crippen molar-refractivity contribution in [2.24, 2.45) is 4.99 Å². The lowest BCUT2D eigenvalue weighted by atomic mass is 10.3. The third-order valence-corrected chi connectivity index (χ3v) is 2.61. The first-order chi connectivity index (χ1) is 8.84. The Labute approximate surface area is 106 Å². The van der Waals surface area contributed by atoms with E-state index in [1.807, 2.05) is 36.7 Å². The quantitative estimate of drug-likeness (QED) is 0.885. The largest absolute Gasteiger partial charge is 0.447 e. The highest BCUT2D eigenvalue weighted by Crippen LogP contribution is 2.05. The van der Waals surface area contributed by atoms with Gasteiger partial charge in [-0.15, -0.1) is 0 Å². The van der Waals surface area contributed by atoms with Crippen molar-refractivity contribution in [3.8, 4) is 0 Å². The van der Waals surface area contributed by atoms with Crippen LogP contribution in [0.1, 0.15) is 6.42 Å².